The minimum absolute atomic E-state index is 0.928. The molecule has 1 heteroatoms. The zero-order valence-electron chi connectivity index (χ0n) is 11.9. The van der Waals surface area contributed by atoms with Gasteiger partial charge in [0.05, 0.1) is 6.07 Å². The predicted molar refractivity (Wildman–Crippen MR) is 25.1 cm³/mol. The SMILES string of the molecule is [2H]C([2H])([2H])C([2H])([2H])C([2H])([2H])C([2H])([2H])C#N. The Kier molecular flexibility index (Phi) is 0.455. The van der Waals surface area contributed by atoms with E-state index in [4.69, 9.17) is 17.6 Å². The molecule has 0 aromatic rings. The molecule has 0 aliphatic carbocycles. The molecule has 0 saturated carbocycles. The summed E-state index contributed by atoms with van der Waals surface area (Å²) in [6.45, 7) is -3.35. The van der Waals surface area contributed by atoms with Crippen molar-refractivity contribution in [2.45, 2.75) is 26.0 Å². The topological polar surface area (TPSA) is 23.8 Å². The fraction of sp³-hybridized carbons (Fsp3) is 0.800. The summed E-state index contributed by atoms with van der Waals surface area (Å²) in [5.41, 5.74) is 0. The van der Waals surface area contributed by atoms with Crippen LogP contribution in [0.25, 0.3) is 0 Å². The number of hydrogen-bond donors (Lipinski definition) is 0. The van der Waals surface area contributed by atoms with Crippen LogP contribution in [0.4, 0.5) is 0 Å². The predicted octanol–water partition coefficient (Wildman–Crippen LogP) is 1.70. The van der Waals surface area contributed by atoms with Gasteiger partial charge in [-0.1, -0.05) is 13.2 Å². The maximum atomic E-state index is 8.34. The molecule has 34 valence electrons. The number of rotatable bonds is 2. The van der Waals surface area contributed by atoms with E-state index in [0.717, 1.165) is 6.07 Å². The van der Waals surface area contributed by atoms with E-state index >= 15 is 0 Å². The maximum absolute atomic E-state index is 8.34. The first kappa shape index (κ1) is 0.608. The molecule has 0 heterocycles. The molecule has 6 heavy (non-hydrogen) atoms. The van der Waals surface area contributed by atoms with Crippen LogP contribution < -0.4 is 0 Å². The molecule has 0 amide bonds. The molecule has 0 aromatic carbocycles. The summed E-state index contributed by atoms with van der Waals surface area (Å²) in [7, 11) is 0. The molecule has 0 atom stereocenters. The highest BCUT2D eigenvalue weighted by Crippen LogP contribution is 1.88. The smallest absolute Gasteiger partial charge is 0.0621 e. The van der Waals surface area contributed by atoms with Gasteiger partial charge in [-0.15, -0.1) is 0 Å². The summed E-state index contributed by atoms with van der Waals surface area (Å²) >= 11 is 0. The van der Waals surface area contributed by atoms with Gasteiger partial charge in [0.2, 0.25) is 0 Å². The van der Waals surface area contributed by atoms with Crippen molar-refractivity contribution in [3.05, 3.63) is 0 Å². The first-order valence-corrected chi connectivity index (χ1v) is 1.22. The van der Waals surface area contributed by atoms with Gasteiger partial charge < -0.3 is 0 Å². The van der Waals surface area contributed by atoms with E-state index in [1.54, 1.807) is 0 Å². The van der Waals surface area contributed by atoms with Crippen molar-refractivity contribution in [3.63, 3.8) is 0 Å². The molecule has 0 radical (unpaired) electrons. The third-order valence-electron chi connectivity index (χ3n) is 0.181. The summed E-state index contributed by atoms with van der Waals surface area (Å²) in [6.07, 6.45) is -10.1. The fourth-order valence-electron chi connectivity index (χ4n) is 0.0592. The van der Waals surface area contributed by atoms with E-state index in [2.05, 4.69) is 0 Å². The van der Waals surface area contributed by atoms with Gasteiger partial charge in [-0.3, -0.25) is 0 Å². The van der Waals surface area contributed by atoms with Crippen LogP contribution in [0.3, 0.4) is 0 Å². The molecule has 0 aromatic heterocycles. The summed E-state index contributed by atoms with van der Waals surface area (Å²) in [4.78, 5) is 0. The summed E-state index contributed by atoms with van der Waals surface area (Å²) < 4.78 is 62.7. The molecule has 0 fully saturated rings. The third kappa shape index (κ3) is 3.49. The molecule has 0 unspecified atom stereocenters. The second kappa shape index (κ2) is 4.49. The largest absolute Gasteiger partial charge is 0.198 e. The van der Waals surface area contributed by atoms with Gasteiger partial charge in [0.1, 0.15) is 0 Å². The number of nitriles is 1. The monoisotopic (exact) mass is 92.1 g/mol. The Hall–Kier alpha value is -0.510. The Morgan fingerprint density at radius 2 is 3.00 bits per heavy atom. The Balaban J connectivity index is 5.51. The third-order valence-corrected chi connectivity index (χ3v) is 0.181. The number of nitrogens with zero attached hydrogens (tertiary/aromatic N) is 1. The first-order chi connectivity index (χ1) is 6.31. The second-order valence-electron chi connectivity index (χ2n) is 0.487. The Bertz CT molecular complexity index is 282. The highest BCUT2D eigenvalue weighted by atomic mass is 14.2. The van der Waals surface area contributed by atoms with Crippen LogP contribution in [-0.2, 0) is 0 Å². The van der Waals surface area contributed by atoms with Crippen LogP contribution in [0.2, 0.25) is 0 Å². The first-order valence-electron chi connectivity index (χ1n) is 5.72. The van der Waals surface area contributed by atoms with Crippen LogP contribution >= 0.6 is 0 Å². The molecular formula is C5H9N. The van der Waals surface area contributed by atoms with Crippen molar-refractivity contribution in [1.29, 1.82) is 5.26 Å². The highest BCUT2D eigenvalue weighted by molar-refractivity contribution is 4.66. The molecular weight excluding hydrogens is 74.1 g/mol. The van der Waals surface area contributed by atoms with Crippen LogP contribution in [0, 0.1) is 11.3 Å². The molecule has 0 saturated heterocycles. The molecule has 0 spiro atoms. The lowest BCUT2D eigenvalue weighted by Gasteiger charge is -1.77. The average Bonchev–Trinajstić information content (AvgIpc) is 2.01. The van der Waals surface area contributed by atoms with E-state index < -0.39 is 26.0 Å². The molecule has 0 rings (SSSR count). The molecule has 1 nitrogen and oxygen atoms in total. The molecule has 0 bridgehead atoms. The zero-order valence-corrected chi connectivity index (χ0v) is 2.95. The van der Waals surface area contributed by atoms with Gasteiger partial charge in [0.15, 0.2) is 0 Å². The van der Waals surface area contributed by atoms with Crippen LogP contribution in [0.5, 0.6) is 0 Å². The Labute approximate surface area is 51.2 Å². The van der Waals surface area contributed by atoms with Crippen molar-refractivity contribution in [2.24, 2.45) is 0 Å². The van der Waals surface area contributed by atoms with E-state index in [1.807, 2.05) is 0 Å². The van der Waals surface area contributed by atoms with Crippen molar-refractivity contribution < 1.29 is 12.3 Å². The molecule has 0 aliphatic rings. The Morgan fingerprint density at radius 3 is 3.50 bits per heavy atom. The van der Waals surface area contributed by atoms with Gasteiger partial charge >= 0.3 is 0 Å². The van der Waals surface area contributed by atoms with Gasteiger partial charge in [-0.05, 0) is 6.37 Å². The lowest BCUT2D eigenvalue weighted by atomic mass is 10.3. The zero-order chi connectivity index (χ0) is 12.7. The van der Waals surface area contributed by atoms with Crippen LogP contribution in [0.1, 0.15) is 38.3 Å². The van der Waals surface area contributed by atoms with Crippen LogP contribution in [-0.4, -0.2) is 0 Å². The lowest BCUT2D eigenvalue weighted by Crippen LogP contribution is -1.62. The standard InChI is InChI=1S/C5H9N/c1-2-3-4-5-6/h2-4H2,1H3/i1D3,2D2,3D2,4D2. The highest BCUT2D eigenvalue weighted by Gasteiger charge is 1.74. The minimum atomic E-state index is -3.45. The van der Waals surface area contributed by atoms with E-state index in [1.165, 1.54) is 0 Å². The van der Waals surface area contributed by atoms with E-state index in [-0.39, 0.29) is 0 Å². The van der Waals surface area contributed by atoms with E-state index in [0.29, 0.717) is 0 Å². The van der Waals surface area contributed by atoms with Gasteiger partial charge in [-0.25, -0.2) is 0 Å². The lowest BCUT2D eigenvalue weighted by molar-refractivity contribution is 0.822. The summed E-state index contributed by atoms with van der Waals surface area (Å²) in [5.74, 6) is 0. The van der Waals surface area contributed by atoms with Crippen molar-refractivity contribution in [2.75, 3.05) is 0 Å². The van der Waals surface area contributed by atoms with Crippen molar-refractivity contribution in [1.82, 2.24) is 0 Å². The van der Waals surface area contributed by atoms with E-state index in [9.17, 15) is 0 Å². The van der Waals surface area contributed by atoms with Crippen molar-refractivity contribution in [3.8, 4) is 6.07 Å². The molecule has 0 N–H and O–H groups in total. The van der Waals surface area contributed by atoms with Crippen LogP contribution in [0.15, 0.2) is 0 Å². The van der Waals surface area contributed by atoms with Gasteiger partial charge in [0.25, 0.3) is 0 Å². The number of hydrogen-bond acceptors (Lipinski definition) is 1. The van der Waals surface area contributed by atoms with Crippen molar-refractivity contribution >= 4 is 0 Å². The van der Waals surface area contributed by atoms with Gasteiger partial charge in [-0.2, -0.15) is 5.26 Å². The van der Waals surface area contributed by atoms with Gasteiger partial charge in [0, 0.05) is 18.7 Å². The Morgan fingerprint density at radius 1 is 2.17 bits per heavy atom. The normalized spacial score (nSPS) is 38.8. The average molecular weight is 92.2 g/mol. The molecule has 0 aliphatic heterocycles. The summed E-state index contributed by atoms with van der Waals surface area (Å²) in [5, 5.41) is 8.34. The summed E-state index contributed by atoms with van der Waals surface area (Å²) in [6, 6.07) is 0.928. The quantitative estimate of drug-likeness (QED) is 0.508. The maximum Gasteiger partial charge on any atom is 0.0621 e. The fourth-order valence-corrected chi connectivity index (χ4v) is 0.0592. The second-order valence-corrected chi connectivity index (χ2v) is 0.487. The minimum Gasteiger partial charge on any atom is -0.198 e.